The number of carboxylic acid groups (broad SMARTS) is 1. The van der Waals surface area contributed by atoms with Crippen LogP contribution in [-0.4, -0.2) is 42.9 Å². The van der Waals surface area contributed by atoms with Gasteiger partial charge in [-0.25, -0.2) is 0 Å². The standard InChI is InChI=1S/C9H17N3O4S/c1-4-12(6-7(2)5-10)17(15,16)11-8(3)9(13)14/h7-8,11H,4,6H2,1-3H3,(H,13,14)/t7?,8-/m0/s1. The summed E-state index contributed by atoms with van der Waals surface area (Å²) in [5.74, 6) is -1.70. The second-order valence-corrected chi connectivity index (χ2v) is 5.37. The number of carbonyl (C=O) groups is 1. The van der Waals surface area contributed by atoms with Crippen molar-refractivity contribution in [3.8, 4) is 6.07 Å². The van der Waals surface area contributed by atoms with Crippen molar-refractivity contribution in [2.75, 3.05) is 13.1 Å². The Kier molecular flexibility index (Phi) is 6.09. The maximum Gasteiger partial charge on any atom is 0.321 e. The van der Waals surface area contributed by atoms with Gasteiger partial charge in [0.2, 0.25) is 0 Å². The van der Waals surface area contributed by atoms with Gasteiger partial charge in [-0.1, -0.05) is 6.92 Å². The molecule has 0 amide bonds. The van der Waals surface area contributed by atoms with E-state index >= 15 is 0 Å². The third-order valence-electron chi connectivity index (χ3n) is 2.09. The summed E-state index contributed by atoms with van der Waals surface area (Å²) in [4.78, 5) is 10.6. The van der Waals surface area contributed by atoms with E-state index in [2.05, 4.69) is 0 Å². The Hall–Kier alpha value is -1.17. The van der Waals surface area contributed by atoms with Gasteiger partial charge < -0.3 is 5.11 Å². The lowest BCUT2D eigenvalue weighted by atomic mass is 10.2. The maximum atomic E-state index is 11.8. The van der Waals surface area contributed by atoms with Crippen LogP contribution in [-0.2, 0) is 15.0 Å². The number of hydrogen-bond donors (Lipinski definition) is 2. The molecule has 0 fully saturated rings. The van der Waals surface area contributed by atoms with E-state index in [4.69, 9.17) is 10.4 Å². The zero-order valence-corrected chi connectivity index (χ0v) is 10.9. The van der Waals surface area contributed by atoms with E-state index in [1.807, 2.05) is 10.8 Å². The normalized spacial score (nSPS) is 15.2. The first-order valence-corrected chi connectivity index (χ1v) is 6.58. The molecule has 2 atom stereocenters. The summed E-state index contributed by atoms with van der Waals surface area (Å²) in [6.07, 6.45) is 0. The molecular formula is C9H17N3O4S. The van der Waals surface area contributed by atoms with Crippen LogP contribution in [0.4, 0.5) is 0 Å². The molecule has 0 rings (SSSR count). The quantitative estimate of drug-likeness (QED) is 0.659. The van der Waals surface area contributed by atoms with E-state index in [-0.39, 0.29) is 13.1 Å². The highest BCUT2D eigenvalue weighted by atomic mass is 32.2. The van der Waals surface area contributed by atoms with Crippen molar-refractivity contribution in [2.24, 2.45) is 5.92 Å². The molecule has 7 nitrogen and oxygen atoms in total. The first kappa shape index (κ1) is 15.8. The molecule has 0 heterocycles. The first-order valence-electron chi connectivity index (χ1n) is 5.14. The van der Waals surface area contributed by atoms with Gasteiger partial charge in [-0.2, -0.15) is 22.7 Å². The fourth-order valence-electron chi connectivity index (χ4n) is 1.09. The summed E-state index contributed by atoms with van der Waals surface area (Å²) in [5, 5.41) is 17.3. The van der Waals surface area contributed by atoms with Crippen molar-refractivity contribution in [1.29, 1.82) is 5.26 Å². The maximum absolute atomic E-state index is 11.8. The van der Waals surface area contributed by atoms with Crippen molar-refractivity contribution in [3.63, 3.8) is 0 Å². The monoisotopic (exact) mass is 263 g/mol. The Labute approximate surface area is 101 Å². The molecule has 0 spiro atoms. The molecule has 0 aliphatic rings. The van der Waals surface area contributed by atoms with Gasteiger partial charge in [-0.05, 0) is 13.8 Å². The van der Waals surface area contributed by atoms with Crippen LogP contribution in [0, 0.1) is 17.2 Å². The fourth-order valence-corrected chi connectivity index (χ4v) is 2.55. The number of aliphatic carboxylic acids is 1. The molecule has 2 N–H and O–H groups in total. The van der Waals surface area contributed by atoms with Gasteiger partial charge in [-0.3, -0.25) is 4.79 Å². The molecule has 17 heavy (non-hydrogen) atoms. The Bertz CT molecular complexity index is 401. The van der Waals surface area contributed by atoms with Crippen LogP contribution in [0.2, 0.25) is 0 Å². The molecule has 98 valence electrons. The van der Waals surface area contributed by atoms with Crippen LogP contribution in [0.5, 0.6) is 0 Å². The number of rotatable bonds is 7. The largest absolute Gasteiger partial charge is 0.480 e. The van der Waals surface area contributed by atoms with Crippen molar-refractivity contribution in [1.82, 2.24) is 9.03 Å². The number of nitrogens with one attached hydrogen (secondary N) is 1. The van der Waals surface area contributed by atoms with Gasteiger partial charge in [-0.15, -0.1) is 0 Å². The number of nitriles is 1. The zero-order chi connectivity index (χ0) is 13.6. The predicted molar refractivity (Wildman–Crippen MR) is 61.2 cm³/mol. The molecule has 0 aliphatic heterocycles. The summed E-state index contributed by atoms with van der Waals surface area (Å²) in [7, 11) is -3.87. The summed E-state index contributed by atoms with van der Waals surface area (Å²) in [6, 6.07) is 0.725. The molecule has 8 heteroatoms. The van der Waals surface area contributed by atoms with E-state index in [1.165, 1.54) is 6.92 Å². The Balaban J connectivity index is 4.77. The summed E-state index contributed by atoms with van der Waals surface area (Å²) in [5.41, 5.74) is 0. The minimum atomic E-state index is -3.87. The number of carboxylic acids is 1. The van der Waals surface area contributed by atoms with Gasteiger partial charge in [0.25, 0.3) is 10.2 Å². The van der Waals surface area contributed by atoms with Crippen molar-refractivity contribution >= 4 is 16.2 Å². The van der Waals surface area contributed by atoms with Crippen LogP contribution >= 0.6 is 0 Å². The van der Waals surface area contributed by atoms with E-state index < -0.39 is 28.1 Å². The topological polar surface area (TPSA) is 111 Å². The lowest BCUT2D eigenvalue weighted by Gasteiger charge is -2.22. The Morgan fingerprint density at radius 3 is 2.41 bits per heavy atom. The fraction of sp³-hybridized carbons (Fsp3) is 0.778. The minimum absolute atomic E-state index is 0.0364. The van der Waals surface area contributed by atoms with Crippen LogP contribution in [0.15, 0.2) is 0 Å². The summed E-state index contributed by atoms with van der Waals surface area (Å²) < 4.78 is 26.6. The van der Waals surface area contributed by atoms with Crippen LogP contribution in [0.25, 0.3) is 0 Å². The van der Waals surface area contributed by atoms with Crippen molar-refractivity contribution < 1.29 is 18.3 Å². The number of hydrogen-bond acceptors (Lipinski definition) is 4. The summed E-state index contributed by atoms with van der Waals surface area (Å²) in [6.45, 7) is 4.66. The molecule has 0 aliphatic carbocycles. The second kappa shape index (κ2) is 6.54. The molecule has 0 radical (unpaired) electrons. The Morgan fingerprint density at radius 1 is 1.53 bits per heavy atom. The molecule has 0 aromatic heterocycles. The summed E-state index contributed by atoms with van der Waals surface area (Å²) >= 11 is 0. The lowest BCUT2D eigenvalue weighted by Crippen LogP contribution is -2.48. The highest BCUT2D eigenvalue weighted by molar-refractivity contribution is 7.87. The SMILES string of the molecule is CCN(CC(C)C#N)S(=O)(=O)N[C@@H](C)C(=O)O. The van der Waals surface area contributed by atoms with E-state index in [0.29, 0.717) is 0 Å². The molecule has 0 bridgehead atoms. The smallest absolute Gasteiger partial charge is 0.321 e. The van der Waals surface area contributed by atoms with Crippen LogP contribution in [0.3, 0.4) is 0 Å². The average Bonchev–Trinajstić information content (AvgIpc) is 2.24. The number of nitrogens with zero attached hydrogens (tertiary/aromatic N) is 2. The van der Waals surface area contributed by atoms with Crippen molar-refractivity contribution in [2.45, 2.75) is 26.8 Å². The molecule has 0 saturated heterocycles. The van der Waals surface area contributed by atoms with E-state index in [1.54, 1.807) is 13.8 Å². The minimum Gasteiger partial charge on any atom is -0.480 e. The first-order chi connectivity index (χ1) is 7.74. The van der Waals surface area contributed by atoms with E-state index in [9.17, 15) is 13.2 Å². The highest BCUT2D eigenvalue weighted by Gasteiger charge is 2.26. The molecule has 0 aromatic rings. The predicted octanol–water partition coefficient (Wildman–Crippen LogP) is -0.225. The molecular weight excluding hydrogens is 246 g/mol. The van der Waals surface area contributed by atoms with Crippen LogP contribution < -0.4 is 4.72 Å². The zero-order valence-electron chi connectivity index (χ0n) is 10.0. The average molecular weight is 263 g/mol. The third-order valence-corrected chi connectivity index (χ3v) is 3.83. The van der Waals surface area contributed by atoms with E-state index in [0.717, 1.165) is 4.31 Å². The molecule has 0 aromatic carbocycles. The van der Waals surface area contributed by atoms with Gasteiger partial charge in [0.1, 0.15) is 6.04 Å². The van der Waals surface area contributed by atoms with Gasteiger partial charge in [0, 0.05) is 13.1 Å². The van der Waals surface area contributed by atoms with Crippen molar-refractivity contribution in [3.05, 3.63) is 0 Å². The van der Waals surface area contributed by atoms with Gasteiger partial charge in [0.15, 0.2) is 0 Å². The van der Waals surface area contributed by atoms with Gasteiger partial charge >= 0.3 is 5.97 Å². The lowest BCUT2D eigenvalue weighted by molar-refractivity contribution is -0.138. The molecule has 0 saturated carbocycles. The van der Waals surface area contributed by atoms with Crippen LogP contribution in [0.1, 0.15) is 20.8 Å². The highest BCUT2D eigenvalue weighted by Crippen LogP contribution is 2.04. The molecule has 1 unspecified atom stereocenters. The Morgan fingerprint density at radius 2 is 2.06 bits per heavy atom. The van der Waals surface area contributed by atoms with Gasteiger partial charge in [0.05, 0.1) is 12.0 Å². The second-order valence-electron chi connectivity index (χ2n) is 3.66. The third kappa shape index (κ3) is 5.12.